The summed E-state index contributed by atoms with van der Waals surface area (Å²) in [6.07, 6.45) is 0. The van der Waals surface area contributed by atoms with Crippen molar-refractivity contribution in [2.75, 3.05) is 5.73 Å². The first kappa shape index (κ1) is 10.5. The Kier molecular flexibility index (Phi) is 4.18. The fraction of sp³-hybridized carbons (Fsp3) is 0. The van der Waals surface area contributed by atoms with Crippen LogP contribution in [0.15, 0.2) is 24.3 Å². The molecule has 3 nitrogen and oxygen atoms in total. The van der Waals surface area contributed by atoms with Crippen LogP contribution in [0.4, 0.5) is 5.69 Å². The number of primary amides is 1. The van der Waals surface area contributed by atoms with Gasteiger partial charge in [-0.25, -0.2) is 0 Å². The first-order valence-corrected chi connectivity index (χ1v) is 2.86. The van der Waals surface area contributed by atoms with Crippen LogP contribution < -0.4 is 11.5 Å². The molecule has 1 aromatic rings. The van der Waals surface area contributed by atoms with Crippen molar-refractivity contribution in [2.45, 2.75) is 0 Å². The van der Waals surface area contributed by atoms with E-state index in [9.17, 15) is 4.79 Å². The van der Waals surface area contributed by atoms with E-state index in [-0.39, 0.29) is 29.6 Å². The van der Waals surface area contributed by atoms with Gasteiger partial charge in [-0.05, 0) is 12.1 Å². The van der Waals surface area contributed by atoms with Crippen molar-refractivity contribution in [1.29, 1.82) is 0 Å². The number of anilines is 1. The molecule has 0 aliphatic heterocycles. The molecule has 11 heavy (non-hydrogen) atoms. The van der Waals surface area contributed by atoms with Crippen LogP contribution in [0.25, 0.3) is 0 Å². The summed E-state index contributed by atoms with van der Waals surface area (Å²) >= 11 is 0. The zero-order chi connectivity index (χ0) is 7.56. The quantitative estimate of drug-likeness (QED) is 0.447. The summed E-state index contributed by atoms with van der Waals surface area (Å²) in [7, 11) is 0. The van der Waals surface area contributed by atoms with E-state index < -0.39 is 5.91 Å². The molecule has 0 unspecified atom stereocenters. The van der Waals surface area contributed by atoms with Gasteiger partial charge in [0.15, 0.2) is 0 Å². The molecule has 0 saturated carbocycles. The Hall–Kier alpha value is -0.510. The summed E-state index contributed by atoms with van der Waals surface area (Å²) in [6.45, 7) is 0. The molecule has 4 N–H and O–H groups in total. The number of amides is 1. The maximum atomic E-state index is 10.6. The number of rotatable bonds is 1. The van der Waals surface area contributed by atoms with Crippen LogP contribution >= 0.6 is 0 Å². The average Bonchev–Trinajstić information content (AvgIpc) is 1.88. The summed E-state index contributed by atoms with van der Waals surface area (Å²) in [4.78, 5) is 10.6. The largest absolute Gasteiger partial charge is 0.398 e. The van der Waals surface area contributed by atoms with E-state index >= 15 is 0 Å². The summed E-state index contributed by atoms with van der Waals surface area (Å²) < 4.78 is 0. The van der Waals surface area contributed by atoms with Gasteiger partial charge in [-0.2, -0.15) is 0 Å². The summed E-state index contributed by atoms with van der Waals surface area (Å²) in [5.41, 5.74) is 11.2. The third-order valence-electron chi connectivity index (χ3n) is 1.23. The second-order valence-electron chi connectivity index (χ2n) is 1.95. The van der Waals surface area contributed by atoms with E-state index in [4.69, 9.17) is 11.5 Å². The normalized spacial score (nSPS) is 8.36. The summed E-state index contributed by atoms with van der Waals surface area (Å²) in [5.74, 6) is -0.488. The maximum Gasteiger partial charge on any atom is 0.250 e. The predicted octanol–water partition coefficient (Wildman–Crippen LogP) is -0.0131. The van der Waals surface area contributed by atoms with E-state index in [2.05, 4.69) is 0 Å². The van der Waals surface area contributed by atoms with Crippen LogP contribution in [0.1, 0.15) is 10.4 Å². The number of benzene rings is 1. The third-order valence-corrected chi connectivity index (χ3v) is 1.23. The second kappa shape index (κ2) is 4.38. The van der Waals surface area contributed by atoms with Crippen LogP contribution in [-0.2, 0) is 0 Å². The zero-order valence-corrected chi connectivity index (χ0v) is 8.37. The van der Waals surface area contributed by atoms with Gasteiger partial charge in [0.2, 0.25) is 0 Å². The van der Waals surface area contributed by atoms with Gasteiger partial charge in [0.25, 0.3) is 5.91 Å². The second-order valence-corrected chi connectivity index (χ2v) is 1.95. The molecule has 0 saturated heterocycles. The van der Waals surface area contributed by atoms with Crippen molar-refractivity contribution in [3.63, 3.8) is 0 Å². The van der Waals surface area contributed by atoms with Gasteiger partial charge >= 0.3 is 0 Å². The molecule has 0 aliphatic carbocycles. The molecule has 0 aromatic heterocycles. The van der Waals surface area contributed by atoms with Gasteiger partial charge in [0, 0.05) is 35.2 Å². The Morgan fingerprint density at radius 1 is 1.27 bits per heavy atom. The van der Waals surface area contributed by atoms with Crippen LogP contribution in [0.3, 0.4) is 0 Å². The number of hydrogen-bond donors (Lipinski definition) is 2. The van der Waals surface area contributed by atoms with Crippen LogP contribution in [0.2, 0.25) is 0 Å². The van der Waals surface area contributed by atoms with Crippen molar-refractivity contribution >= 4 is 41.2 Å². The van der Waals surface area contributed by atoms with Gasteiger partial charge in [0.05, 0.1) is 5.56 Å². The Morgan fingerprint density at radius 2 is 1.82 bits per heavy atom. The number of nitrogens with two attached hydrogens (primary N) is 2. The fourth-order valence-electron chi connectivity index (χ4n) is 0.721. The van der Waals surface area contributed by atoms with Gasteiger partial charge < -0.3 is 11.5 Å². The molecule has 0 bridgehead atoms. The molecule has 0 aliphatic rings. The van der Waals surface area contributed by atoms with Crippen LogP contribution in [0.5, 0.6) is 0 Å². The molecule has 0 atom stereocenters. The van der Waals surface area contributed by atoms with Gasteiger partial charge in [-0.3, -0.25) is 4.79 Å². The molecular formula is C7H8N2NaO. The van der Waals surface area contributed by atoms with Crippen LogP contribution in [-0.4, -0.2) is 35.5 Å². The van der Waals surface area contributed by atoms with Crippen LogP contribution in [0, 0.1) is 0 Å². The van der Waals surface area contributed by atoms with E-state index in [1.54, 1.807) is 24.3 Å². The average molecular weight is 159 g/mol. The summed E-state index contributed by atoms with van der Waals surface area (Å²) in [6, 6.07) is 6.70. The molecule has 0 fully saturated rings. The van der Waals surface area contributed by atoms with Crippen molar-refractivity contribution in [2.24, 2.45) is 5.73 Å². The predicted molar refractivity (Wildman–Crippen MR) is 45.1 cm³/mol. The molecule has 4 heteroatoms. The molecular weight excluding hydrogens is 151 g/mol. The number of hydrogen-bond acceptors (Lipinski definition) is 2. The fourth-order valence-corrected chi connectivity index (χ4v) is 0.721. The van der Waals surface area contributed by atoms with Gasteiger partial charge in [0.1, 0.15) is 0 Å². The Labute approximate surface area is 87.1 Å². The zero-order valence-electron chi connectivity index (χ0n) is 6.37. The number of carbonyl (C=O) groups is 1. The minimum atomic E-state index is -0.488. The minimum absolute atomic E-state index is 0. The molecule has 1 radical (unpaired) electrons. The number of nitrogen functional groups attached to an aromatic ring is 1. The Balaban J connectivity index is 0.000001000. The molecule has 1 aromatic carbocycles. The topological polar surface area (TPSA) is 69.1 Å². The molecule has 1 rings (SSSR count). The van der Waals surface area contributed by atoms with Crippen molar-refractivity contribution in [1.82, 2.24) is 0 Å². The molecule has 53 valence electrons. The molecule has 1 amide bonds. The first-order valence-electron chi connectivity index (χ1n) is 2.86. The molecule has 0 heterocycles. The number of para-hydroxylation sites is 1. The Morgan fingerprint density at radius 3 is 2.18 bits per heavy atom. The SMILES string of the molecule is NC(=O)c1ccccc1N.[Na]. The monoisotopic (exact) mass is 159 g/mol. The Bertz CT molecular complexity index is 262. The number of carbonyl (C=O) groups excluding carboxylic acids is 1. The minimum Gasteiger partial charge on any atom is -0.398 e. The standard InChI is InChI=1S/C7H8N2O.Na/c8-6-4-2-1-3-5(6)7(9)10;/h1-4H,8H2,(H2,9,10);. The van der Waals surface area contributed by atoms with E-state index in [0.717, 1.165) is 0 Å². The van der Waals surface area contributed by atoms with E-state index in [0.29, 0.717) is 11.3 Å². The summed E-state index contributed by atoms with van der Waals surface area (Å²) in [5, 5.41) is 0. The van der Waals surface area contributed by atoms with E-state index in [1.807, 2.05) is 0 Å². The molecule has 0 spiro atoms. The third kappa shape index (κ3) is 2.54. The smallest absolute Gasteiger partial charge is 0.250 e. The van der Waals surface area contributed by atoms with Gasteiger partial charge in [-0.15, -0.1) is 0 Å². The van der Waals surface area contributed by atoms with Crippen molar-refractivity contribution < 1.29 is 4.79 Å². The van der Waals surface area contributed by atoms with Crippen molar-refractivity contribution in [3.8, 4) is 0 Å². The van der Waals surface area contributed by atoms with Gasteiger partial charge in [-0.1, -0.05) is 12.1 Å². The van der Waals surface area contributed by atoms with Crippen molar-refractivity contribution in [3.05, 3.63) is 29.8 Å². The van der Waals surface area contributed by atoms with E-state index in [1.165, 1.54) is 0 Å². The first-order chi connectivity index (χ1) is 4.72. The maximum absolute atomic E-state index is 10.6.